The van der Waals surface area contributed by atoms with Crippen molar-refractivity contribution in [3.63, 3.8) is 0 Å². The molecule has 1 aliphatic heterocycles. The number of nitrogens with zero attached hydrogens (tertiary/aromatic N) is 2. The smallest absolute Gasteiger partial charge is 0.0562 e. The molecular formula is C16H25N3. The molecule has 3 heteroatoms. The highest BCUT2D eigenvalue weighted by Gasteiger charge is 2.31. The third kappa shape index (κ3) is 2.92. The quantitative estimate of drug-likeness (QED) is 0.904. The van der Waals surface area contributed by atoms with Crippen molar-refractivity contribution in [3.05, 3.63) is 24.0 Å². The molecule has 3 nitrogen and oxygen atoms in total. The normalized spacial score (nSPS) is 27.1. The van der Waals surface area contributed by atoms with Gasteiger partial charge in [0.05, 0.1) is 5.69 Å². The highest BCUT2D eigenvalue weighted by Crippen LogP contribution is 2.37. The van der Waals surface area contributed by atoms with Crippen LogP contribution in [0.3, 0.4) is 0 Å². The molecule has 1 aliphatic carbocycles. The molecule has 0 aromatic carbocycles. The number of fused-ring (bicyclic) bond motifs is 1. The Morgan fingerprint density at radius 1 is 1.26 bits per heavy atom. The molecule has 0 bridgehead atoms. The summed E-state index contributed by atoms with van der Waals surface area (Å²) in [5.74, 6) is 1.94. The average Bonchev–Trinajstić information content (AvgIpc) is 2.47. The minimum Gasteiger partial charge on any atom is -0.371 e. The van der Waals surface area contributed by atoms with Crippen molar-refractivity contribution in [2.75, 3.05) is 25.0 Å². The van der Waals surface area contributed by atoms with Gasteiger partial charge in [0.1, 0.15) is 0 Å². The maximum absolute atomic E-state index is 4.42. The lowest BCUT2D eigenvalue weighted by atomic mass is 9.75. The van der Waals surface area contributed by atoms with Crippen molar-refractivity contribution in [2.24, 2.45) is 11.8 Å². The third-order valence-electron chi connectivity index (χ3n) is 4.81. The van der Waals surface area contributed by atoms with Crippen molar-refractivity contribution < 1.29 is 0 Å². The second-order valence-corrected chi connectivity index (χ2v) is 6.08. The number of aromatic nitrogens is 1. The molecule has 2 unspecified atom stereocenters. The predicted octanol–water partition coefficient (Wildman–Crippen LogP) is 2.82. The van der Waals surface area contributed by atoms with Gasteiger partial charge in [0.15, 0.2) is 0 Å². The fourth-order valence-electron chi connectivity index (χ4n) is 3.78. The highest BCUT2D eigenvalue weighted by atomic mass is 15.1. The van der Waals surface area contributed by atoms with E-state index in [0.29, 0.717) is 0 Å². The number of hydrogen-bond donors (Lipinski definition) is 1. The van der Waals surface area contributed by atoms with Crippen LogP contribution in [0, 0.1) is 11.8 Å². The van der Waals surface area contributed by atoms with Crippen LogP contribution < -0.4 is 10.2 Å². The van der Waals surface area contributed by atoms with Gasteiger partial charge in [0.2, 0.25) is 0 Å². The topological polar surface area (TPSA) is 28.2 Å². The van der Waals surface area contributed by atoms with Crippen molar-refractivity contribution in [2.45, 2.75) is 38.6 Å². The first-order chi connectivity index (χ1) is 9.36. The van der Waals surface area contributed by atoms with Gasteiger partial charge in [0.25, 0.3) is 0 Å². The number of anilines is 1. The second-order valence-electron chi connectivity index (χ2n) is 6.08. The molecule has 2 atom stereocenters. The van der Waals surface area contributed by atoms with Crippen LogP contribution in [0.25, 0.3) is 0 Å². The summed E-state index contributed by atoms with van der Waals surface area (Å²) in [6, 6.07) is 4.42. The van der Waals surface area contributed by atoms with E-state index in [1.54, 1.807) is 0 Å². The number of piperidine rings is 1. The van der Waals surface area contributed by atoms with Gasteiger partial charge >= 0.3 is 0 Å². The lowest BCUT2D eigenvalue weighted by molar-refractivity contribution is 0.202. The van der Waals surface area contributed by atoms with Crippen molar-refractivity contribution in [1.82, 2.24) is 10.3 Å². The van der Waals surface area contributed by atoms with Gasteiger partial charge in [-0.25, -0.2) is 0 Å². The summed E-state index contributed by atoms with van der Waals surface area (Å²) in [7, 11) is 1.97. The van der Waals surface area contributed by atoms with E-state index in [0.717, 1.165) is 24.1 Å². The number of pyridine rings is 1. The predicted molar refractivity (Wildman–Crippen MR) is 79.3 cm³/mol. The first kappa shape index (κ1) is 12.9. The monoisotopic (exact) mass is 259 g/mol. The van der Waals surface area contributed by atoms with E-state index in [2.05, 4.69) is 27.3 Å². The van der Waals surface area contributed by atoms with E-state index < -0.39 is 0 Å². The molecule has 0 spiro atoms. The fourth-order valence-corrected chi connectivity index (χ4v) is 3.78. The molecule has 1 aromatic rings. The van der Waals surface area contributed by atoms with Crippen LogP contribution >= 0.6 is 0 Å². The summed E-state index contributed by atoms with van der Waals surface area (Å²) >= 11 is 0. The van der Waals surface area contributed by atoms with E-state index in [1.165, 1.54) is 50.9 Å². The van der Waals surface area contributed by atoms with Gasteiger partial charge in [-0.3, -0.25) is 4.98 Å². The molecule has 2 fully saturated rings. The van der Waals surface area contributed by atoms with Crippen LogP contribution in [-0.2, 0) is 6.54 Å². The van der Waals surface area contributed by atoms with Crippen molar-refractivity contribution in [3.8, 4) is 0 Å². The van der Waals surface area contributed by atoms with Crippen molar-refractivity contribution in [1.29, 1.82) is 0 Å². The molecule has 0 amide bonds. The van der Waals surface area contributed by atoms with Gasteiger partial charge in [-0.15, -0.1) is 0 Å². The lowest BCUT2D eigenvalue weighted by Gasteiger charge is -2.42. The van der Waals surface area contributed by atoms with E-state index in [1.807, 2.05) is 13.2 Å². The van der Waals surface area contributed by atoms with Crippen LogP contribution in [-0.4, -0.2) is 25.1 Å². The Hall–Kier alpha value is -1.09. The molecule has 19 heavy (non-hydrogen) atoms. The zero-order chi connectivity index (χ0) is 13.1. The standard InChI is InChI=1S/C16H25N3/c1-17-11-15-10-16(6-8-18-15)19-9-7-13-4-2-3-5-14(13)12-19/h6,8,10,13-14,17H,2-5,7,9,11-12H2,1H3. The first-order valence-electron chi connectivity index (χ1n) is 7.71. The second kappa shape index (κ2) is 5.91. The molecule has 1 saturated heterocycles. The first-order valence-corrected chi connectivity index (χ1v) is 7.71. The van der Waals surface area contributed by atoms with E-state index >= 15 is 0 Å². The number of rotatable bonds is 3. The largest absolute Gasteiger partial charge is 0.371 e. The Morgan fingerprint density at radius 2 is 2.11 bits per heavy atom. The molecule has 2 aliphatic rings. The summed E-state index contributed by atoms with van der Waals surface area (Å²) in [4.78, 5) is 6.99. The van der Waals surface area contributed by atoms with E-state index in [-0.39, 0.29) is 0 Å². The third-order valence-corrected chi connectivity index (χ3v) is 4.81. The van der Waals surface area contributed by atoms with Gasteiger partial charge in [-0.05, 0) is 43.9 Å². The Morgan fingerprint density at radius 3 is 2.95 bits per heavy atom. The Kier molecular flexibility index (Phi) is 4.02. The summed E-state index contributed by atoms with van der Waals surface area (Å²) in [6.45, 7) is 3.34. The molecule has 0 radical (unpaired) electrons. The van der Waals surface area contributed by atoms with Gasteiger partial charge in [0, 0.05) is 31.5 Å². The summed E-state index contributed by atoms with van der Waals surface area (Å²) < 4.78 is 0. The maximum atomic E-state index is 4.42. The molecule has 104 valence electrons. The van der Waals surface area contributed by atoms with Gasteiger partial charge < -0.3 is 10.2 Å². The van der Waals surface area contributed by atoms with Crippen LogP contribution in [0.15, 0.2) is 18.3 Å². The highest BCUT2D eigenvalue weighted by molar-refractivity contribution is 5.47. The van der Waals surface area contributed by atoms with Crippen LogP contribution in [0.2, 0.25) is 0 Å². The zero-order valence-electron chi connectivity index (χ0n) is 11.9. The molecule has 2 heterocycles. The summed E-state index contributed by atoms with van der Waals surface area (Å²) in [5, 5.41) is 3.18. The van der Waals surface area contributed by atoms with Crippen molar-refractivity contribution >= 4 is 5.69 Å². The van der Waals surface area contributed by atoms with Crippen LogP contribution in [0.5, 0.6) is 0 Å². The SMILES string of the molecule is CNCc1cc(N2CCC3CCCCC3C2)ccn1. The van der Waals surface area contributed by atoms with E-state index in [4.69, 9.17) is 0 Å². The van der Waals surface area contributed by atoms with Crippen LogP contribution in [0.1, 0.15) is 37.8 Å². The Labute approximate surface area is 116 Å². The Balaban J connectivity index is 1.70. The minimum absolute atomic E-state index is 0.855. The lowest BCUT2D eigenvalue weighted by Crippen LogP contribution is -2.41. The summed E-state index contributed by atoms with van der Waals surface area (Å²) in [6.07, 6.45) is 9.15. The fraction of sp³-hybridized carbons (Fsp3) is 0.688. The number of hydrogen-bond acceptors (Lipinski definition) is 3. The average molecular weight is 259 g/mol. The molecule has 1 aromatic heterocycles. The summed E-state index contributed by atoms with van der Waals surface area (Å²) in [5.41, 5.74) is 2.51. The molecular weight excluding hydrogens is 234 g/mol. The number of nitrogens with one attached hydrogen (secondary N) is 1. The Bertz CT molecular complexity index is 418. The van der Waals surface area contributed by atoms with E-state index in [9.17, 15) is 0 Å². The maximum Gasteiger partial charge on any atom is 0.0562 e. The molecule has 3 rings (SSSR count). The van der Waals surface area contributed by atoms with Gasteiger partial charge in [-0.1, -0.05) is 19.3 Å². The molecule has 1 saturated carbocycles. The minimum atomic E-state index is 0.855. The molecule has 1 N–H and O–H groups in total. The van der Waals surface area contributed by atoms with Gasteiger partial charge in [-0.2, -0.15) is 0 Å². The van der Waals surface area contributed by atoms with Crippen LogP contribution in [0.4, 0.5) is 5.69 Å². The zero-order valence-corrected chi connectivity index (χ0v) is 11.9.